The lowest BCUT2D eigenvalue weighted by atomic mass is 9.93. The molecule has 0 amide bonds. The van der Waals surface area contributed by atoms with Crippen LogP contribution in [0.1, 0.15) is 13.8 Å². The van der Waals surface area contributed by atoms with Crippen LogP contribution in [0.4, 0.5) is 0 Å². The number of allylic oxidation sites excluding steroid dienone is 2. The summed E-state index contributed by atoms with van der Waals surface area (Å²) >= 11 is 0. The first kappa shape index (κ1) is 26.7. The van der Waals surface area contributed by atoms with Crippen LogP contribution < -0.4 is 0 Å². The minimum Gasteiger partial charge on any atom is -0.396 e. The van der Waals surface area contributed by atoms with Crippen molar-refractivity contribution in [3.8, 4) is 0 Å². The maximum atomic E-state index is 8.50. The van der Waals surface area contributed by atoms with E-state index in [1.807, 2.05) is 13.8 Å². The van der Waals surface area contributed by atoms with Crippen molar-refractivity contribution in [1.29, 1.82) is 0 Å². The second-order valence-corrected chi connectivity index (χ2v) is 3.40. The molecule has 0 atom stereocenters. The molecule has 0 saturated heterocycles. The fourth-order valence-electron chi connectivity index (χ4n) is 0.300. The normalized spacial score (nSPS) is 8.63. The molecule has 0 heterocycles. The van der Waals surface area contributed by atoms with Crippen LogP contribution in [0, 0.1) is 5.41 Å². The molecule has 0 radical (unpaired) electrons. The largest absolute Gasteiger partial charge is 0.396 e. The van der Waals surface area contributed by atoms with Gasteiger partial charge in [0.25, 0.3) is 0 Å². The Balaban J connectivity index is -0.0000000937. The Kier molecular flexibility index (Phi) is 36.5. The van der Waals surface area contributed by atoms with Crippen molar-refractivity contribution < 1.29 is 30.6 Å². The van der Waals surface area contributed by atoms with Gasteiger partial charge in [0.1, 0.15) is 0 Å². The highest BCUT2D eigenvalue weighted by molar-refractivity contribution is 4.74. The third kappa shape index (κ3) is 26.7. The fraction of sp³-hybridized carbons (Fsp3) is 0.692. The Morgan fingerprint density at radius 2 is 0.842 bits per heavy atom. The molecule has 6 nitrogen and oxygen atoms in total. The van der Waals surface area contributed by atoms with E-state index in [9.17, 15) is 0 Å². The van der Waals surface area contributed by atoms with Crippen LogP contribution in [0.15, 0.2) is 25.3 Å². The summed E-state index contributed by atoms with van der Waals surface area (Å²) in [7, 11) is 0. The maximum Gasteiger partial charge on any atom is 0.0662 e. The third-order valence-electron chi connectivity index (χ3n) is 1.44. The van der Waals surface area contributed by atoms with Gasteiger partial charge < -0.3 is 30.6 Å². The number of rotatable bonds is 5. The number of hydrogen-bond donors (Lipinski definition) is 6. The molecule has 0 unspecified atom stereocenters. The van der Waals surface area contributed by atoms with E-state index in [2.05, 4.69) is 13.2 Å². The van der Waals surface area contributed by atoms with Gasteiger partial charge in [0.05, 0.1) is 45.1 Å². The predicted octanol–water partition coefficient (Wildman–Crippen LogP) is -0.702. The van der Waals surface area contributed by atoms with E-state index in [0.29, 0.717) is 0 Å². The number of hydrogen-bond acceptors (Lipinski definition) is 6. The van der Waals surface area contributed by atoms with Crippen LogP contribution in [0.5, 0.6) is 0 Å². The van der Waals surface area contributed by atoms with Crippen molar-refractivity contribution in [3.05, 3.63) is 25.3 Å². The maximum absolute atomic E-state index is 8.50. The van der Waals surface area contributed by atoms with E-state index in [0.717, 1.165) is 0 Å². The first-order valence-electron chi connectivity index (χ1n) is 5.78. The number of aliphatic hydroxyl groups is 6. The summed E-state index contributed by atoms with van der Waals surface area (Å²) in [6.45, 7) is 8.62. The predicted molar refractivity (Wildman–Crippen MR) is 76.7 cm³/mol. The molecule has 0 spiro atoms. The van der Waals surface area contributed by atoms with E-state index >= 15 is 0 Å². The summed E-state index contributed by atoms with van der Waals surface area (Å²) in [5.41, 5.74) is -1.11. The summed E-state index contributed by atoms with van der Waals surface area (Å²) in [5.74, 6) is 0. The summed E-state index contributed by atoms with van der Waals surface area (Å²) < 4.78 is 0. The molecule has 6 heteroatoms. The van der Waals surface area contributed by atoms with Crippen LogP contribution in [0.2, 0.25) is 0 Å². The zero-order chi connectivity index (χ0) is 16.2. The summed E-state index contributed by atoms with van der Waals surface area (Å²) in [6.07, 6.45) is 3.50. The molecule has 6 N–H and O–H groups in total. The molecule has 0 aliphatic rings. The third-order valence-corrected chi connectivity index (χ3v) is 1.44. The van der Waals surface area contributed by atoms with Crippen LogP contribution in [-0.2, 0) is 0 Å². The Morgan fingerprint density at radius 3 is 0.842 bits per heavy atom. The van der Waals surface area contributed by atoms with Crippen molar-refractivity contribution in [2.24, 2.45) is 5.41 Å². The average Bonchev–Trinajstić information content (AvgIpc) is 2.44. The molecule has 0 bridgehead atoms. The van der Waals surface area contributed by atoms with Crippen molar-refractivity contribution in [2.45, 2.75) is 13.8 Å². The van der Waals surface area contributed by atoms with E-state index in [1.54, 1.807) is 12.2 Å². The van der Waals surface area contributed by atoms with Gasteiger partial charge in [-0.15, -0.1) is 13.2 Å². The monoisotopic (exact) mass is 282 g/mol. The molecule has 0 aliphatic heterocycles. The quantitative estimate of drug-likeness (QED) is 0.371. The molecule has 0 aromatic rings. The molecule has 0 rings (SSSR count). The van der Waals surface area contributed by atoms with Crippen LogP contribution in [0.25, 0.3) is 0 Å². The van der Waals surface area contributed by atoms with E-state index in [4.69, 9.17) is 30.6 Å². The van der Waals surface area contributed by atoms with Crippen molar-refractivity contribution in [3.63, 3.8) is 0 Å². The molecule has 0 aromatic carbocycles. The second-order valence-electron chi connectivity index (χ2n) is 3.40. The average molecular weight is 282 g/mol. The lowest BCUT2D eigenvalue weighted by molar-refractivity contribution is -0.0328. The topological polar surface area (TPSA) is 121 Å². The highest BCUT2D eigenvalue weighted by atomic mass is 16.3. The first-order chi connectivity index (χ1) is 8.99. The fourth-order valence-corrected chi connectivity index (χ4v) is 0.300. The van der Waals surface area contributed by atoms with Crippen LogP contribution >= 0.6 is 0 Å². The van der Waals surface area contributed by atoms with Gasteiger partial charge in [-0.05, 0) is 13.8 Å². The van der Waals surface area contributed by atoms with Crippen molar-refractivity contribution in [2.75, 3.05) is 39.6 Å². The molecule has 19 heavy (non-hydrogen) atoms. The molecular formula is C13H30O6. The zero-order valence-corrected chi connectivity index (χ0v) is 12.0. The molecule has 0 aromatic heterocycles. The highest BCUT2D eigenvalue weighted by Gasteiger charge is 2.26. The minimum atomic E-state index is -1.11. The van der Waals surface area contributed by atoms with Gasteiger partial charge in [0, 0.05) is 0 Å². The van der Waals surface area contributed by atoms with Crippen LogP contribution in [-0.4, -0.2) is 70.3 Å². The van der Waals surface area contributed by atoms with E-state index < -0.39 is 31.8 Å². The second kappa shape index (κ2) is 25.9. The summed E-state index contributed by atoms with van der Waals surface area (Å²) in [6, 6.07) is 0. The van der Waals surface area contributed by atoms with Gasteiger partial charge in [-0.25, -0.2) is 0 Å². The van der Waals surface area contributed by atoms with Gasteiger partial charge in [0.2, 0.25) is 0 Å². The van der Waals surface area contributed by atoms with Crippen molar-refractivity contribution in [1.82, 2.24) is 0 Å². The Bertz CT molecular complexity index is 132. The van der Waals surface area contributed by atoms with E-state index in [-0.39, 0.29) is 13.2 Å². The SMILES string of the molecule is C=CC.C=CC.OCC(CO)(CO)CO.OCCO. The van der Waals surface area contributed by atoms with Crippen molar-refractivity contribution >= 4 is 0 Å². The van der Waals surface area contributed by atoms with Crippen LogP contribution in [0.3, 0.4) is 0 Å². The summed E-state index contributed by atoms with van der Waals surface area (Å²) in [4.78, 5) is 0. The standard InChI is InChI=1S/C5H12O4.2C3H6.C2H6O2/c6-1-5(2-7,3-8)4-9;2*1-3-2;3-1-2-4/h6-9H,1-4H2;2*3H,1H2,2H3;3-4H,1-2H2. The van der Waals surface area contributed by atoms with Gasteiger partial charge in [-0.2, -0.15) is 0 Å². The molecule has 118 valence electrons. The van der Waals surface area contributed by atoms with Gasteiger partial charge in [0.15, 0.2) is 0 Å². The lowest BCUT2D eigenvalue weighted by Crippen LogP contribution is -2.37. The first-order valence-corrected chi connectivity index (χ1v) is 5.78. The lowest BCUT2D eigenvalue weighted by Gasteiger charge is -2.23. The van der Waals surface area contributed by atoms with E-state index in [1.165, 1.54) is 0 Å². The molecular weight excluding hydrogens is 252 g/mol. The van der Waals surface area contributed by atoms with Gasteiger partial charge in [-0.1, -0.05) is 12.2 Å². The molecule has 0 saturated carbocycles. The minimum absolute atomic E-state index is 0.125. The molecule has 0 aliphatic carbocycles. The zero-order valence-electron chi connectivity index (χ0n) is 12.0. The Labute approximate surface area is 116 Å². The number of aliphatic hydroxyl groups excluding tert-OH is 6. The molecule has 0 fully saturated rings. The summed E-state index contributed by atoms with van der Waals surface area (Å²) in [5, 5.41) is 49.2. The highest BCUT2D eigenvalue weighted by Crippen LogP contribution is 2.11. The smallest absolute Gasteiger partial charge is 0.0662 e. The Morgan fingerprint density at radius 1 is 0.684 bits per heavy atom. The Hall–Kier alpha value is -0.760. The van der Waals surface area contributed by atoms with Gasteiger partial charge in [-0.3, -0.25) is 0 Å². The van der Waals surface area contributed by atoms with Gasteiger partial charge >= 0.3 is 0 Å².